The zero-order valence-electron chi connectivity index (χ0n) is 35.4. The molecular weight excluding hydrogens is 821 g/mol. The molecule has 5 aromatic rings. The van der Waals surface area contributed by atoms with Gasteiger partial charge in [-0.1, -0.05) is 30.3 Å². The average molecular weight is 873 g/mol. The highest BCUT2D eigenvalue weighted by molar-refractivity contribution is 6.07. The van der Waals surface area contributed by atoms with E-state index in [-0.39, 0.29) is 42.4 Å². The predicted octanol–water partition coefficient (Wildman–Crippen LogP) is 3.43. The topological polar surface area (TPSA) is 220 Å². The normalized spacial score (nSPS) is 21.8. The molecular formula is C46H52N10O8. The maximum Gasteiger partial charge on any atom is 0.261 e. The number of nitrogen functional groups attached to an aromatic ring is 1. The zero-order chi connectivity index (χ0) is 44.2. The van der Waals surface area contributed by atoms with Crippen molar-refractivity contribution in [2.75, 3.05) is 64.8 Å². The van der Waals surface area contributed by atoms with Gasteiger partial charge in [-0.05, 0) is 74.6 Å². The van der Waals surface area contributed by atoms with E-state index in [0.29, 0.717) is 31.6 Å². The van der Waals surface area contributed by atoms with Crippen LogP contribution >= 0.6 is 0 Å². The number of carbonyl (C=O) groups excluding carboxylic acids is 4. The van der Waals surface area contributed by atoms with Crippen LogP contribution in [0.4, 0.5) is 5.82 Å². The summed E-state index contributed by atoms with van der Waals surface area (Å²) in [7, 11) is 0. The van der Waals surface area contributed by atoms with Crippen molar-refractivity contribution < 1.29 is 38.5 Å². The lowest BCUT2D eigenvalue weighted by Gasteiger charge is -2.42. The predicted molar refractivity (Wildman–Crippen MR) is 234 cm³/mol. The number of anilines is 1. The number of imide groups is 1. The molecule has 1 aliphatic carbocycles. The number of ether oxygens (including phenoxy) is 3. The van der Waals surface area contributed by atoms with Crippen molar-refractivity contribution in [2.45, 2.75) is 62.9 Å². The van der Waals surface area contributed by atoms with Gasteiger partial charge in [0.25, 0.3) is 11.8 Å². The molecule has 2 unspecified atom stereocenters. The number of nitrogens with one attached hydrogen (secondary N) is 2. The molecule has 5 heterocycles. The number of fused-ring (bicyclic) bond motifs is 2. The molecule has 0 bridgehead atoms. The van der Waals surface area contributed by atoms with Crippen molar-refractivity contribution in [1.29, 1.82) is 0 Å². The van der Waals surface area contributed by atoms with Crippen LogP contribution in [-0.2, 0) is 19.1 Å². The first-order valence-corrected chi connectivity index (χ1v) is 21.9. The van der Waals surface area contributed by atoms with Crippen LogP contribution < -0.4 is 25.8 Å². The first kappa shape index (κ1) is 42.8. The summed E-state index contributed by atoms with van der Waals surface area (Å²) >= 11 is 0. The Bertz CT molecular complexity index is 2490. The van der Waals surface area contributed by atoms with Gasteiger partial charge in [0.05, 0.1) is 30.2 Å². The molecule has 3 aromatic carbocycles. The minimum Gasteiger partial charge on any atom is -0.483 e. The Labute approximate surface area is 369 Å². The number of piperazine rings is 1. The highest BCUT2D eigenvalue weighted by atomic mass is 16.5. The third-order valence-electron chi connectivity index (χ3n) is 12.6. The van der Waals surface area contributed by atoms with E-state index in [9.17, 15) is 24.3 Å². The van der Waals surface area contributed by atoms with Crippen LogP contribution in [-0.4, -0.2) is 134 Å². The first-order valence-electron chi connectivity index (χ1n) is 21.9. The average Bonchev–Trinajstić information content (AvgIpc) is 3.83. The lowest BCUT2D eigenvalue weighted by Crippen LogP contribution is -2.53. The molecule has 0 radical (unpaired) electrons. The Kier molecular flexibility index (Phi) is 12.8. The van der Waals surface area contributed by atoms with Gasteiger partial charge in [-0.2, -0.15) is 5.10 Å². The van der Waals surface area contributed by atoms with E-state index in [2.05, 4.69) is 35.1 Å². The fraction of sp³-hybridized carbons (Fsp3) is 0.413. The fourth-order valence-corrected chi connectivity index (χ4v) is 9.29. The molecule has 334 valence electrons. The van der Waals surface area contributed by atoms with E-state index in [4.69, 9.17) is 25.0 Å². The van der Waals surface area contributed by atoms with E-state index in [0.717, 1.165) is 97.1 Å². The Morgan fingerprint density at radius 1 is 0.859 bits per heavy atom. The fourth-order valence-electron chi connectivity index (χ4n) is 9.29. The van der Waals surface area contributed by atoms with Crippen LogP contribution in [0.15, 0.2) is 79.1 Å². The molecule has 2 saturated heterocycles. The van der Waals surface area contributed by atoms with E-state index in [1.807, 2.05) is 54.6 Å². The first-order chi connectivity index (χ1) is 31.2. The van der Waals surface area contributed by atoms with Crippen LogP contribution in [0.2, 0.25) is 0 Å². The van der Waals surface area contributed by atoms with Gasteiger partial charge in [-0.25, -0.2) is 14.6 Å². The van der Waals surface area contributed by atoms with Crippen LogP contribution in [0, 0.1) is 0 Å². The molecule has 4 amide bonds. The minimum absolute atomic E-state index is 0.0593. The third-order valence-corrected chi connectivity index (χ3v) is 12.6. The summed E-state index contributed by atoms with van der Waals surface area (Å²) in [6.45, 7) is 5.54. The number of aliphatic hydroxyl groups excluding tert-OH is 1. The Morgan fingerprint density at radius 3 is 2.38 bits per heavy atom. The van der Waals surface area contributed by atoms with Crippen molar-refractivity contribution in [2.24, 2.45) is 0 Å². The summed E-state index contributed by atoms with van der Waals surface area (Å²) in [6, 6.07) is 22.0. The van der Waals surface area contributed by atoms with Crippen molar-refractivity contribution in [3.8, 4) is 28.5 Å². The number of hydrogen-bond donors (Lipinski definition) is 4. The summed E-state index contributed by atoms with van der Waals surface area (Å²) in [5.41, 5.74) is 9.26. The maximum absolute atomic E-state index is 13.3. The van der Waals surface area contributed by atoms with Crippen molar-refractivity contribution in [3.63, 3.8) is 0 Å². The van der Waals surface area contributed by atoms with Gasteiger partial charge in [0.15, 0.2) is 18.5 Å². The molecule has 5 N–H and O–H groups in total. The summed E-state index contributed by atoms with van der Waals surface area (Å²) in [6.07, 6.45) is 4.44. The molecule has 18 heteroatoms. The van der Waals surface area contributed by atoms with E-state index < -0.39 is 35.9 Å². The number of benzene rings is 3. The van der Waals surface area contributed by atoms with E-state index in [1.54, 1.807) is 12.1 Å². The maximum atomic E-state index is 13.3. The Balaban J connectivity index is 0.679. The largest absolute Gasteiger partial charge is 0.483 e. The Hall–Kier alpha value is -6.47. The smallest absolute Gasteiger partial charge is 0.261 e. The molecule has 0 spiro atoms. The standard InChI is InChI=1S/C46H52N10O8/c47-42-40-41(29-9-15-33(16-10-29)64-32-5-2-1-3-6-32)52-56(43(40)50-28-49-42)31-13-11-30(12-14-31)54-22-20-53(21-23-54)24-26-62-25-19-48-38(58)27-63-36-8-4-7-34-39(36)46(61)55(45(34)60)35-17-18-37(57)51-44(35)59/h1-10,15-16,28,30-31,35,45,60H,11-14,17-27H2,(H,48,58)(H2,47,49,50)(H,51,57,59)/t30-,31-,35?,45?. The van der Waals surface area contributed by atoms with Gasteiger partial charge in [-0.3, -0.25) is 39.2 Å². The van der Waals surface area contributed by atoms with Gasteiger partial charge in [-0.15, -0.1) is 0 Å². The van der Waals surface area contributed by atoms with Crippen LogP contribution in [0.3, 0.4) is 0 Å². The van der Waals surface area contributed by atoms with Crippen molar-refractivity contribution >= 4 is 40.5 Å². The molecule has 3 fully saturated rings. The van der Waals surface area contributed by atoms with Crippen molar-refractivity contribution in [1.82, 2.24) is 45.1 Å². The summed E-state index contributed by atoms with van der Waals surface area (Å²) in [4.78, 5) is 65.0. The van der Waals surface area contributed by atoms with Gasteiger partial charge in [0.2, 0.25) is 11.8 Å². The van der Waals surface area contributed by atoms with Gasteiger partial charge in [0.1, 0.15) is 41.1 Å². The van der Waals surface area contributed by atoms with Crippen LogP contribution in [0.25, 0.3) is 22.3 Å². The summed E-state index contributed by atoms with van der Waals surface area (Å²) in [5.74, 6) is 0.00674. The number of nitrogens with two attached hydrogens (primary N) is 1. The molecule has 2 aromatic heterocycles. The number of carbonyl (C=O) groups is 4. The van der Waals surface area contributed by atoms with Gasteiger partial charge in [0, 0.05) is 62.9 Å². The SMILES string of the molecule is Nc1ncnc2c1c(-c1ccc(Oc3ccccc3)cc1)nn2[C@H]1CC[C@H](N2CCN(CCOCCNC(=O)COc3cccc4c3C(=O)N(C3CCC(=O)NC3=O)C4O)CC2)CC1. The second kappa shape index (κ2) is 19.1. The monoisotopic (exact) mass is 872 g/mol. The Morgan fingerprint density at radius 2 is 1.61 bits per heavy atom. The molecule has 64 heavy (non-hydrogen) atoms. The van der Waals surface area contributed by atoms with Gasteiger partial charge >= 0.3 is 0 Å². The lowest BCUT2D eigenvalue weighted by molar-refractivity contribution is -0.139. The highest BCUT2D eigenvalue weighted by Crippen LogP contribution is 2.40. The second-order valence-electron chi connectivity index (χ2n) is 16.6. The molecule has 4 aliphatic rings. The molecule has 2 atom stereocenters. The van der Waals surface area contributed by atoms with E-state index >= 15 is 0 Å². The number of aliphatic hydroxyl groups is 1. The minimum atomic E-state index is -1.38. The molecule has 1 saturated carbocycles. The van der Waals surface area contributed by atoms with Crippen molar-refractivity contribution in [3.05, 3.63) is 90.3 Å². The molecule has 9 rings (SSSR count). The number of nitrogens with zero attached hydrogens (tertiary/aromatic N) is 7. The number of para-hydroxylation sites is 1. The number of aromatic nitrogens is 4. The van der Waals surface area contributed by atoms with Crippen LogP contribution in [0.5, 0.6) is 17.2 Å². The van der Waals surface area contributed by atoms with Gasteiger partial charge < -0.3 is 30.4 Å². The molecule has 3 aliphatic heterocycles. The number of rotatable bonds is 15. The number of amides is 4. The number of piperidine rings is 1. The zero-order valence-corrected chi connectivity index (χ0v) is 35.4. The molecule has 18 nitrogen and oxygen atoms in total. The summed E-state index contributed by atoms with van der Waals surface area (Å²) < 4.78 is 19.6. The second-order valence-corrected chi connectivity index (χ2v) is 16.6. The third kappa shape index (κ3) is 9.12. The lowest BCUT2D eigenvalue weighted by atomic mass is 9.90. The highest BCUT2D eigenvalue weighted by Gasteiger charge is 2.46. The number of hydrogen-bond acceptors (Lipinski definition) is 14. The summed E-state index contributed by atoms with van der Waals surface area (Å²) in [5, 5.41) is 21.8. The van der Waals surface area contributed by atoms with E-state index in [1.165, 1.54) is 12.4 Å². The van der Waals surface area contributed by atoms with Crippen LogP contribution in [0.1, 0.15) is 66.7 Å². The quantitative estimate of drug-likeness (QED) is 0.0876.